The van der Waals surface area contributed by atoms with Crippen molar-refractivity contribution < 1.29 is 19.1 Å². The molecule has 0 fully saturated rings. The van der Waals surface area contributed by atoms with Crippen LogP contribution < -0.4 is 5.32 Å². The van der Waals surface area contributed by atoms with Crippen LogP contribution in [-0.2, 0) is 14.3 Å². The van der Waals surface area contributed by atoms with Crippen LogP contribution in [0.15, 0.2) is 12.2 Å². The van der Waals surface area contributed by atoms with E-state index in [2.05, 4.69) is 38.2 Å². The maximum atomic E-state index is 12.2. The maximum Gasteiger partial charge on any atom is 0.408 e. The highest BCUT2D eigenvalue weighted by atomic mass is 32.2. The molecule has 0 aromatic carbocycles. The zero-order chi connectivity index (χ0) is 20.0. The molecule has 2 unspecified atom stereocenters. The summed E-state index contributed by atoms with van der Waals surface area (Å²) in [5.41, 5.74) is -0.611. The zero-order valence-electron chi connectivity index (χ0n) is 17.3. The molecule has 0 radical (unpaired) electrons. The Kier molecular flexibility index (Phi) is 8.51. The van der Waals surface area contributed by atoms with E-state index in [1.807, 2.05) is 0 Å². The summed E-state index contributed by atoms with van der Waals surface area (Å²) in [5, 5.41) is 2.66. The van der Waals surface area contributed by atoms with Gasteiger partial charge < -0.3 is 14.8 Å². The Morgan fingerprint density at radius 3 is 2.46 bits per heavy atom. The third kappa shape index (κ3) is 8.02. The quantitative estimate of drug-likeness (QED) is 0.514. The van der Waals surface area contributed by atoms with Crippen molar-refractivity contribution in [2.75, 3.05) is 12.4 Å². The summed E-state index contributed by atoms with van der Waals surface area (Å²) in [6, 6.07) is -0.720. The van der Waals surface area contributed by atoms with Crippen molar-refractivity contribution in [3.8, 4) is 0 Å². The van der Waals surface area contributed by atoms with E-state index in [0.717, 1.165) is 12.8 Å². The van der Waals surface area contributed by atoms with Crippen LogP contribution >= 0.6 is 11.8 Å². The zero-order valence-corrected chi connectivity index (χ0v) is 18.1. The number of hydrogen-bond acceptors (Lipinski definition) is 5. The minimum Gasteiger partial charge on any atom is -0.464 e. The molecule has 5 nitrogen and oxygen atoms in total. The van der Waals surface area contributed by atoms with Gasteiger partial charge in [-0.05, 0) is 59.3 Å². The molecular weight excluding hydrogens is 350 g/mol. The molecule has 0 bridgehead atoms. The van der Waals surface area contributed by atoms with Crippen molar-refractivity contribution >= 4 is 23.8 Å². The van der Waals surface area contributed by atoms with Crippen molar-refractivity contribution in [3.63, 3.8) is 0 Å². The Bertz CT molecular complexity index is 512. The van der Waals surface area contributed by atoms with Gasteiger partial charge >= 0.3 is 12.1 Å². The summed E-state index contributed by atoms with van der Waals surface area (Å²) >= 11 is 1.68. The minimum atomic E-state index is -0.720. The molecule has 1 aliphatic rings. The van der Waals surface area contributed by atoms with E-state index < -0.39 is 23.7 Å². The summed E-state index contributed by atoms with van der Waals surface area (Å²) in [5.74, 6) is 1.28. The van der Waals surface area contributed by atoms with Crippen molar-refractivity contribution in [2.24, 2.45) is 11.8 Å². The number of hydrogen-bond donors (Lipinski definition) is 1. The smallest absolute Gasteiger partial charge is 0.408 e. The lowest BCUT2D eigenvalue weighted by molar-refractivity contribution is -0.145. The molecule has 0 heterocycles. The molecule has 0 spiro atoms. The summed E-state index contributed by atoms with van der Waals surface area (Å²) in [7, 11) is 0. The normalized spacial score (nSPS) is 24.2. The van der Waals surface area contributed by atoms with Crippen LogP contribution in [0.1, 0.15) is 61.3 Å². The largest absolute Gasteiger partial charge is 0.464 e. The first kappa shape index (κ1) is 22.9. The van der Waals surface area contributed by atoms with Crippen LogP contribution in [-0.4, -0.2) is 40.8 Å². The fourth-order valence-corrected chi connectivity index (χ4v) is 3.97. The molecule has 0 aromatic rings. The molecule has 1 rings (SSSR count). The summed E-state index contributed by atoms with van der Waals surface area (Å²) in [4.78, 5) is 24.3. The van der Waals surface area contributed by atoms with E-state index in [4.69, 9.17) is 9.47 Å². The first-order valence-electron chi connectivity index (χ1n) is 9.45. The van der Waals surface area contributed by atoms with Crippen molar-refractivity contribution in [2.45, 2.75) is 77.7 Å². The molecular formula is C20H35NO4S. The maximum absolute atomic E-state index is 12.2. The van der Waals surface area contributed by atoms with Gasteiger partial charge in [0.05, 0.1) is 6.61 Å². The second-order valence-electron chi connectivity index (χ2n) is 8.38. The molecule has 0 aliphatic heterocycles. The van der Waals surface area contributed by atoms with E-state index in [0.29, 0.717) is 17.6 Å². The molecule has 1 N–H and O–H groups in total. The molecule has 1 aliphatic carbocycles. The third-order valence-electron chi connectivity index (χ3n) is 4.37. The molecule has 0 aromatic heterocycles. The molecule has 0 saturated carbocycles. The number of nitrogens with one attached hydrogen (secondary N) is 1. The highest BCUT2D eigenvalue weighted by Gasteiger charge is 2.32. The minimum absolute atomic E-state index is 0.0360. The number of carbonyl (C=O) groups excluding carboxylic acids is 2. The van der Waals surface area contributed by atoms with Gasteiger partial charge in [0.15, 0.2) is 0 Å². The molecule has 0 saturated heterocycles. The number of carbonyl (C=O) groups is 2. The first-order valence-corrected chi connectivity index (χ1v) is 10.4. The summed E-state index contributed by atoms with van der Waals surface area (Å²) < 4.78 is 10.4. The fraction of sp³-hybridized carbons (Fsp3) is 0.800. The monoisotopic (exact) mass is 385 g/mol. The number of thioether (sulfide) groups is 1. The van der Waals surface area contributed by atoms with E-state index in [1.165, 1.54) is 0 Å². The van der Waals surface area contributed by atoms with E-state index in [-0.39, 0.29) is 11.4 Å². The van der Waals surface area contributed by atoms with Gasteiger partial charge in [0.1, 0.15) is 11.6 Å². The molecule has 3 atom stereocenters. The third-order valence-corrected chi connectivity index (χ3v) is 5.87. The molecule has 1 amide bonds. The average Bonchev–Trinajstić information content (AvgIpc) is 2.50. The molecule has 6 heteroatoms. The predicted molar refractivity (Wildman–Crippen MR) is 107 cm³/mol. The Hall–Kier alpha value is -1.17. The van der Waals surface area contributed by atoms with Crippen LogP contribution in [0.4, 0.5) is 4.79 Å². The van der Waals surface area contributed by atoms with Crippen LogP contribution in [0.5, 0.6) is 0 Å². The highest BCUT2D eigenvalue weighted by Crippen LogP contribution is 2.39. The summed E-state index contributed by atoms with van der Waals surface area (Å²) in [6.07, 6.45) is 6.14. The number of allylic oxidation sites excluding steroid dienone is 1. The Balaban J connectivity index is 2.70. The van der Waals surface area contributed by atoms with Gasteiger partial charge in [-0.1, -0.05) is 26.0 Å². The van der Waals surface area contributed by atoms with E-state index in [9.17, 15) is 9.59 Å². The topological polar surface area (TPSA) is 64.6 Å². The SMILES string of the molecule is CCOC(=O)[C@H](CSC1(C)C=CC(C(C)C)CC1)NC(=O)OC(C)(C)C. The van der Waals surface area contributed by atoms with E-state index >= 15 is 0 Å². The van der Waals surface area contributed by atoms with Crippen molar-refractivity contribution in [1.29, 1.82) is 0 Å². The van der Waals surface area contributed by atoms with E-state index in [1.54, 1.807) is 39.5 Å². The van der Waals surface area contributed by atoms with Crippen molar-refractivity contribution in [3.05, 3.63) is 12.2 Å². The number of alkyl carbamates (subject to hydrolysis) is 1. The number of esters is 1. The molecule has 26 heavy (non-hydrogen) atoms. The van der Waals surface area contributed by atoms with Gasteiger partial charge in [-0.3, -0.25) is 0 Å². The van der Waals surface area contributed by atoms with Gasteiger partial charge in [-0.2, -0.15) is 0 Å². The second-order valence-corrected chi connectivity index (χ2v) is 9.93. The average molecular weight is 386 g/mol. The van der Waals surface area contributed by atoms with Gasteiger partial charge in [0.2, 0.25) is 0 Å². The van der Waals surface area contributed by atoms with Crippen LogP contribution in [0.3, 0.4) is 0 Å². The predicted octanol–water partition coefficient (Wildman–Crippen LogP) is 4.56. The number of ether oxygens (including phenoxy) is 2. The Morgan fingerprint density at radius 2 is 2.00 bits per heavy atom. The lowest BCUT2D eigenvalue weighted by Crippen LogP contribution is -2.46. The first-order chi connectivity index (χ1) is 12.0. The van der Waals surface area contributed by atoms with Gasteiger partial charge in [0.25, 0.3) is 0 Å². The highest BCUT2D eigenvalue weighted by molar-refractivity contribution is 8.00. The second kappa shape index (κ2) is 9.67. The standard InChI is InChI=1S/C20H35NO4S/c1-8-24-17(22)16(21-18(23)25-19(4,5)6)13-26-20(7)11-9-15(10-12-20)14(2)3/h9,11,14-16H,8,10,12-13H2,1-7H3,(H,21,23)/t15?,16-,20?/m0/s1. The Labute approximate surface area is 162 Å². The van der Waals surface area contributed by atoms with Crippen molar-refractivity contribution in [1.82, 2.24) is 5.32 Å². The van der Waals surface area contributed by atoms with Crippen LogP contribution in [0.2, 0.25) is 0 Å². The van der Waals surface area contributed by atoms with Crippen LogP contribution in [0, 0.1) is 11.8 Å². The van der Waals surface area contributed by atoms with Crippen LogP contribution in [0.25, 0.3) is 0 Å². The van der Waals surface area contributed by atoms with Gasteiger partial charge in [-0.25, -0.2) is 9.59 Å². The number of rotatable bonds is 7. The lowest BCUT2D eigenvalue weighted by Gasteiger charge is -2.34. The van der Waals surface area contributed by atoms with Gasteiger partial charge in [-0.15, -0.1) is 11.8 Å². The Morgan fingerprint density at radius 1 is 1.35 bits per heavy atom. The fourth-order valence-electron chi connectivity index (χ4n) is 2.77. The lowest BCUT2D eigenvalue weighted by atomic mass is 9.83. The molecule has 150 valence electrons. The van der Waals surface area contributed by atoms with Gasteiger partial charge in [0, 0.05) is 10.5 Å². The number of amides is 1. The summed E-state index contributed by atoms with van der Waals surface area (Å²) in [6.45, 7) is 14.1.